The standard InChI is InChI=1S/C41H74N18O10/c1-21(2)19-26(34(64)53-22(3)31(61)57-27(38(68)69)20-30(43)60)56-33(63)24(10-5-15-51-40(46)47)54-35(65)28-12-7-17-58(28)37(67)29-13-8-18-59(29)36(66)25(11-6-16-52-41(48)49)55-32(62)23(42)9-4-14-50-39(44)45/h21-29H,4-20,42H2,1-3H3,(H2,43,60)(H,53,64)(H,54,65)(H,55,62)(H,56,63)(H,57,61)(H,68,69)(H4,44,45,50)(H4,46,47,51)(H4,48,49,52)/t22-,23-,24-,25-,26-,27-,28-,29-/m0/s1. The lowest BCUT2D eigenvalue weighted by molar-refractivity contribution is -0.148. The molecule has 2 fully saturated rings. The number of guanidine groups is 3. The fraction of sp³-hybridized carbons (Fsp3) is 0.707. The number of carboxylic acid groups (broad SMARTS) is 1. The van der Waals surface area contributed by atoms with E-state index in [1.165, 1.54) is 16.7 Å². The average molecular weight is 979 g/mol. The van der Waals surface area contributed by atoms with Crippen LogP contribution in [0.5, 0.6) is 0 Å². The molecule has 28 nitrogen and oxygen atoms in total. The lowest BCUT2D eigenvalue weighted by Crippen LogP contribution is -2.59. The Hall–Kier alpha value is -7.00. The third-order valence-electron chi connectivity index (χ3n) is 11.2. The van der Waals surface area contributed by atoms with Gasteiger partial charge in [0.25, 0.3) is 0 Å². The number of nitrogens with zero attached hydrogens (tertiary/aromatic N) is 5. The summed E-state index contributed by atoms with van der Waals surface area (Å²) in [6.45, 7) is 5.69. The number of nitrogens with two attached hydrogens (primary N) is 8. The molecule has 0 radical (unpaired) electrons. The number of aliphatic carboxylic acids is 1. The molecular weight excluding hydrogens is 905 g/mol. The van der Waals surface area contributed by atoms with Crippen LogP contribution in [-0.4, -0.2) is 167 Å². The van der Waals surface area contributed by atoms with Crippen LogP contribution in [0.3, 0.4) is 0 Å². The maximum absolute atomic E-state index is 14.4. The van der Waals surface area contributed by atoms with E-state index in [1.54, 1.807) is 13.8 Å². The average Bonchev–Trinajstić information content (AvgIpc) is 3.97. The van der Waals surface area contributed by atoms with Gasteiger partial charge in [0.05, 0.1) is 12.5 Å². The van der Waals surface area contributed by atoms with Gasteiger partial charge in [-0.05, 0) is 83.5 Å². The molecule has 2 saturated heterocycles. The highest BCUT2D eigenvalue weighted by molar-refractivity contribution is 5.98. The Morgan fingerprint density at radius 1 is 0.580 bits per heavy atom. The highest BCUT2D eigenvalue weighted by atomic mass is 16.4. The zero-order valence-electron chi connectivity index (χ0n) is 39.7. The zero-order valence-corrected chi connectivity index (χ0v) is 39.7. The van der Waals surface area contributed by atoms with Crippen molar-refractivity contribution >= 4 is 71.1 Å². The summed E-state index contributed by atoms with van der Waals surface area (Å²) in [4.78, 5) is 134. The summed E-state index contributed by atoms with van der Waals surface area (Å²) >= 11 is 0. The second-order valence-electron chi connectivity index (χ2n) is 17.4. The Bertz CT molecular complexity index is 1900. The molecule has 0 saturated carbocycles. The number of primary amides is 1. The smallest absolute Gasteiger partial charge is 0.326 e. The lowest BCUT2D eigenvalue weighted by Gasteiger charge is -2.33. The molecule has 2 aliphatic heterocycles. The minimum atomic E-state index is -1.65. The lowest BCUT2D eigenvalue weighted by atomic mass is 10.0. The van der Waals surface area contributed by atoms with Gasteiger partial charge in [0, 0.05) is 32.7 Å². The van der Waals surface area contributed by atoms with E-state index in [9.17, 15) is 48.3 Å². The number of aliphatic imine (C=N–C) groups is 3. The van der Waals surface area contributed by atoms with Crippen LogP contribution in [-0.2, 0) is 43.2 Å². The van der Waals surface area contributed by atoms with Crippen LogP contribution in [0.1, 0.15) is 97.8 Å². The van der Waals surface area contributed by atoms with Gasteiger partial charge in [0.15, 0.2) is 17.9 Å². The number of rotatable bonds is 29. The quantitative estimate of drug-likeness (QED) is 0.0188. The van der Waals surface area contributed by atoms with Crippen molar-refractivity contribution in [3.63, 3.8) is 0 Å². The number of carboxylic acids is 1. The maximum atomic E-state index is 14.4. The molecule has 2 rings (SSSR count). The molecule has 69 heavy (non-hydrogen) atoms. The van der Waals surface area contributed by atoms with Crippen molar-refractivity contribution in [1.29, 1.82) is 0 Å². The monoisotopic (exact) mass is 979 g/mol. The van der Waals surface area contributed by atoms with E-state index in [1.807, 2.05) is 0 Å². The summed E-state index contributed by atoms with van der Waals surface area (Å²) < 4.78 is 0. The van der Waals surface area contributed by atoms with Crippen molar-refractivity contribution in [3.8, 4) is 0 Å². The molecule has 0 unspecified atom stereocenters. The van der Waals surface area contributed by atoms with Crippen molar-refractivity contribution in [2.75, 3.05) is 32.7 Å². The van der Waals surface area contributed by atoms with Gasteiger partial charge in [0.2, 0.25) is 47.3 Å². The molecule has 22 N–H and O–H groups in total. The van der Waals surface area contributed by atoms with Crippen LogP contribution in [0.2, 0.25) is 0 Å². The molecule has 8 amide bonds. The largest absolute Gasteiger partial charge is 0.480 e. The number of hydrogen-bond donors (Lipinski definition) is 14. The maximum Gasteiger partial charge on any atom is 0.326 e. The molecule has 28 heteroatoms. The van der Waals surface area contributed by atoms with Gasteiger partial charge >= 0.3 is 5.97 Å². The number of amides is 8. The topological polar surface area (TPSA) is 486 Å². The minimum Gasteiger partial charge on any atom is -0.480 e. The highest BCUT2D eigenvalue weighted by Gasteiger charge is 2.44. The molecule has 0 aromatic rings. The zero-order chi connectivity index (χ0) is 52.0. The number of carbonyl (C=O) groups is 9. The first-order valence-corrected chi connectivity index (χ1v) is 23.0. The fourth-order valence-corrected chi connectivity index (χ4v) is 7.77. The molecule has 2 aliphatic rings. The number of likely N-dealkylation sites (tertiary alicyclic amines) is 2. The molecule has 0 aromatic carbocycles. The third-order valence-corrected chi connectivity index (χ3v) is 11.2. The first-order valence-electron chi connectivity index (χ1n) is 23.0. The van der Waals surface area contributed by atoms with Crippen molar-refractivity contribution in [2.24, 2.45) is 66.8 Å². The van der Waals surface area contributed by atoms with E-state index >= 15 is 0 Å². The van der Waals surface area contributed by atoms with Crippen molar-refractivity contribution in [3.05, 3.63) is 0 Å². The van der Waals surface area contributed by atoms with Gasteiger partial charge in [-0.1, -0.05) is 13.8 Å². The van der Waals surface area contributed by atoms with Crippen LogP contribution in [0.25, 0.3) is 0 Å². The summed E-state index contributed by atoms with van der Waals surface area (Å²) in [6.07, 6.45) is 1.97. The van der Waals surface area contributed by atoms with E-state index in [0.29, 0.717) is 25.7 Å². The third kappa shape index (κ3) is 20.4. The van der Waals surface area contributed by atoms with E-state index in [-0.39, 0.29) is 101 Å². The van der Waals surface area contributed by atoms with Crippen LogP contribution in [0.15, 0.2) is 15.0 Å². The first-order chi connectivity index (χ1) is 32.4. The van der Waals surface area contributed by atoms with Crippen LogP contribution < -0.4 is 72.5 Å². The number of hydrogen-bond acceptors (Lipinski definition) is 13. The Balaban J connectivity index is 2.30. The predicted octanol–water partition coefficient (Wildman–Crippen LogP) is -6.09. The number of carbonyl (C=O) groups excluding carboxylic acids is 8. The van der Waals surface area contributed by atoms with Crippen LogP contribution in [0, 0.1) is 5.92 Å². The SMILES string of the molecule is CC(C)C[C@H](NC(=O)[C@H](CCCN=C(N)N)NC(=O)[C@@H]1CCCN1C(=O)[C@@H]1CCCN1C(=O)[C@H](CCCN=C(N)N)NC(=O)[C@@H](N)CCCN=C(N)N)C(=O)N[C@@H](C)C(=O)N[C@@H](CC(N)=O)C(=O)O. The molecule has 0 bridgehead atoms. The summed E-state index contributed by atoms with van der Waals surface area (Å²) in [5.74, 6) is -7.92. The van der Waals surface area contributed by atoms with Crippen molar-refractivity contribution < 1.29 is 48.3 Å². The van der Waals surface area contributed by atoms with E-state index in [2.05, 4.69) is 41.6 Å². The molecule has 388 valence electrons. The highest BCUT2D eigenvalue weighted by Crippen LogP contribution is 2.26. The van der Waals surface area contributed by atoms with E-state index in [0.717, 1.165) is 0 Å². The molecular formula is C41H74N18O10. The Kier molecular flexibility index (Phi) is 24.4. The second-order valence-corrected chi connectivity index (χ2v) is 17.4. The van der Waals surface area contributed by atoms with Gasteiger partial charge in [-0.2, -0.15) is 0 Å². The van der Waals surface area contributed by atoms with E-state index < -0.39 is 108 Å². The molecule has 0 aliphatic carbocycles. The van der Waals surface area contributed by atoms with E-state index in [4.69, 9.17) is 45.9 Å². The van der Waals surface area contributed by atoms with Gasteiger partial charge < -0.3 is 87.4 Å². The Labute approximate surface area is 400 Å². The van der Waals surface area contributed by atoms with Crippen molar-refractivity contribution in [1.82, 2.24) is 36.4 Å². The van der Waals surface area contributed by atoms with Gasteiger partial charge in [0.1, 0.15) is 42.3 Å². The summed E-state index contributed by atoms with van der Waals surface area (Å²) in [5, 5.41) is 22.1. The normalized spacial score (nSPS) is 18.0. The molecule has 2 heterocycles. The van der Waals surface area contributed by atoms with Crippen molar-refractivity contribution in [2.45, 2.75) is 146 Å². The molecule has 0 aromatic heterocycles. The van der Waals surface area contributed by atoms with Crippen LogP contribution in [0.4, 0.5) is 0 Å². The predicted molar refractivity (Wildman–Crippen MR) is 253 cm³/mol. The molecule has 8 atom stereocenters. The van der Waals surface area contributed by atoms with Crippen LogP contribution >= 0.6 is 0 Å². The Morgan fingerprint density at radius 2 is 1.06 bits per heavy atom. The fourth-order valence-electron chi connectivity index (χ4n) is 7.77. The molecule has 0 spiro atoms. The summed E-state index contributed by atoms with van der Waals surface area (Å²) in [7, 11) is 0. The summed E-state index contributed by atoms with van der Waals surface area (Å²) in [6, 6.07) is -9.60. The summed E-state index contributed by atoms with van der Waals surface area (Å²) in [5.41, 5.74) is 43.9. The number of nitrogens with one attached hydrogen (secondary N) is 5. The first kappa shape index (κ1) is 58.1. The minimum absolute atomic E-state index is 0.0125. The van der Waals surface area contributed by atoms with Gasteiger partial charge in [-0.25, -0.2) is 4.79 Å². The Morgan fingerprint density at radius 3 is 1.58 bits per heavy atom. The second kappa shape index (κ2) is 29.0. The van der Waals surface area contributed by atoms with Gasteiger partial charge in [-0.15, -0.1) is 0 Å². The van der Waals surface area contributed by atoms with Gasteiger partial charge in [-0.3, -0.25) is 53.3 Å².